The van der Waals surface area contributed by atoms with E-state index in [0.717, 1.165) is 5.56 Å². The highest BCUT2D eigenvalue weighted by Crippen LogP contribution is 2.28. The molecule has 160 valence electrons. The Bertz CT molecular complexity index is 1220. The molecule has 0 unspecified atom stereocenters. The van der Waals surface area contributed by atoms with Gasteiger partial charge in [-0.3, -0.25) is 0 Å². The van der Waals surface area contributed by atoms with E-state index < -0.39 is 5.97 Å². The van der Waals surface area contributed by atoms with Gasteiger partial charge in [0.15, 0.2) is 5.76 Å². The summed E-state index contributed by atoms with van der Waals surface area (Å²) in [7, 11) is 1.31. The average molecular weight is 430 g/mol. The lowest BCUT2D eigenvalue weighted by Crippen LogP contribution is -2.03. The predicted molar refractivity (Wildman–Crippen MR) is 117 cm³/mol. The number of benzene rings is 2. The van der Waals surface area contributed by atoms with Gasteiger partial charge in [-0.25, -0.2) is 14.2 Å². The van der Waals surface area contributed by atoms with Crippen molar-refractivity contribution in [3.05, 3.63) is 101 Å². The third-order valence-electron chi connectivity index (χ3n) is 4.68. The molecule has 0 amide bonds. The van der Waals surface area contributed by atoms with Crippen molar-refractivity contribution in [2.24, 2.45) is 0 Å². The monoisotopic (exact) mass is 430 g/mol. The molecular weight excluding hydrogens is 411 g/mol. The number of carbonyl (C=O) groups excluding carboxylic acids is 1. The second kappa shape index (κ2) is 9.70. The van der Waals surface area contributed by atoms with Gasteiger partial charge in [0.2, 0.25) is 5.88 Å². The van der Waals surface area contributed by atoms with E-state index in [2.05, 4.69) is 14.9 Å². The number of esters is 1. The van der Waals surface area contributed by atoms with Gasteiger partial charge in [-0.2, -0.15) is 0 Å². The molecule has 0 N–H and O–H groups in total. The van der Waals surface area contributed by atoms with Crippen LogP contribution >= 0.6 is 0 Å². The molecular formula is C25H19FN2O4. The number of halogens is 1. The molecule has 0 saturated heterocycles. The number of pyridine rings is 1. The average Bonchev–Trinajstić information content (AvgIpc) is 3.25. The van der Waals surface area contributed by atoms with Crippen LogP contribution in [0.15, 0.2) is 77.4 Å². The fourth-order valence-corrected chi connectivity index (χ4v) is 3.01. The minimum absolute atomic E-state index is 0.106. The molecule has 0 aliphatic heterocycles. The van der Waals surface area contributed by atoms with Gasteiger partial charge in [0.1, 0.15) is 18.1 Å². The molecule has 0 bridgehead atoms. The van der Waals surface area contributed by atoms with Gasteiger partial charge >= 0.3 is 5.97 Å². The minimum Gasteiger partial charge on any atom is -0.473 e. The first kappa shape index (κ1) is 21.0. The Balaban J connectivity index is 1.61. The van der Waals surface area contributed by atoms with E-state index in [1.54, 1.807) is 24.3 Å². The SMILES string of the molecule is COC(=O)c1ccc(OCc2c(-c3ccc(F)cc3)noc2C=Cc2ccccc2)nc1. The van der Waals surface area contributed by atoms with E-state index in [9.17, 15) is 9.18 Å². The van der Waals surface area contributed by atoms with Gasteiger partial charge < -0.3 is 14.0 Å². The predicted octanol–water partition coefficient (Wildman–Crippen LogP) is 5.41. The van der Waals surface area contributed by atoms with Crippen LogP contribution in [0.4, 0.5) is 4.39 Å². The lowest BCUT2D eigenvalue weighted by molar-refractivity contribution is 0.0600. The summed E-state index contributed by atoms with van der Waals surface area (Å²) in [5.74, 6) is 0.0189. The van der Waals surface area contributed by atoms with Gasteiger partial charge in [0.05, 0.1) is 18.2 Å². The van der Waals surface area contributed by atoms with Gasteiger partial charge in [-0.05, 0) is 42.0 Å². The molecule has 2 aromatic heterocycles. The van der Waals surface area contributed by atoms with Gasteiger partial charge in [0, 0.05) is 17.8 Å². The molecule has 32 heavy (non-hydrogen) atoms. The lowest BCUT2D eigenvalue weighted by atomic mass is 10.1. The second-order valence-corrected chi connectivity index (χ2v) is 6.79. The van der Waals surface area contributed by atoms with Crippen LogP contribution < -0.4 is 4.74 Å². The van der Waals surface area contributed by atoms with Crippen LogP contribution in [0.2, 0.25) is 0 Å². The maximum absolute atomic E-state index is 13.4. The van der Waals surface area contributed by atoms with Crippen molar-refractivity contribution in [2.45, 2.75) is 6.61 Å². The third-order valence-corrected chi connectivity index (χ3v) is 4.68. The molecule has 0 fully saturated rings. The molecule has 0 saturated carbocycles. The highest BCUT2D eigenvalue weighted by Gasteiger charge is 2.17. The van der Waals surface area contributed by atoms with E-state index in [1.807, 2.05) is 42.5 Å². The number of methoxy groups -OCH3 is 1. The molecule has 0 aliphatic rings. The van der Waals surface area contributed by atoms with E-state index >= 15 is 0 Å². The number of aromatic nitrogens is 2. The number of hydrogen-bond donors (Lipinski definition) is 0. The van der Waals surface area contributed by atoms with Crippen LogP contribution in [0.1, 0.15) is 27.2 Å². The van der Waals surface area contributed by atoms with E-state index in [-0.39, 0.29) is 12.4 Å². The molecule has 6 nitrogen and oxygen atoms in total. The van der Waals surface area contributed by atoms with Crippen LogP contribution in [0.25, 0.3) is 23.4 Å². The van der Waals surface area contributed by atoms with E-state index in [0.29, 0.717) is 34.0 Å². The zero-order chi connectivity index (χ0) is 22.3. The van der Waals surface area contributed by atoms with Crippen LogP contribution in [0, 0.1) is 5.82 Å². The summed E-state index contributed by atoms with van der Waals surface area (Å²) in [5, 5.41) is 4.18. The fraction of sp³-hybridized carbons (Fsp3) is 0.0800. The minimum atomic E-state index is -0.477. The number of nitrogens with zero attached hydrogens (tertiary/aromatic N) is 2. The summed E-state index contributed by atoms with van der Waals surface area (Å²) in [6.07, 6.45) is 5.09. The summed E-state index contributed by atoms with van der Waals surface area (Å²) in [5.41, 5.74) is 3.25. The Morgan fingerprint density at radius 1 is 1.03 bits per heavy atom. The summed E-state index contributed by atoms with van der Waals surface area (Å²) in [4.78, 5) is 15.7. The summed E-state index contributed by atoms with van der Waals surface area (Å²) < 4.78 is 29.4. The molecule has 7 heteroatoms. The van der Waals surface area contributed by atoms with Crippen molar-refractivity contribution in [3.8, 4) is 17.1 Å². The summed E-state index contributed by atoms with van der Waals surface area (Å²) in [6, 6.07) is 18.9. The highest BCUT2D eigenvalue weighted by atomic mass is 19.1. The quantitative estimate of drug-likeness (QED) is 0.365. The summed E-state index contributed by atoms with van der Waals surface area (Å²) >= 11 is 0. The summed E-state index contributed by atoms with van der Waals surface area (Å²) in [6.45, 7) is 0.106. The van der Waals surface area contributed by atoms with Crippen molar-refractivity contribution >= 4 is 18.1 Å². The topological polar surface area (TPSA) is 74.5 Å². The smallest absolute Gasteiger partial charge is 0.339 e. The first-order valence-corrected chi connectivity index (χ1v) is 9.79. The van der Waals surface area contributed by atoms with E-state index in [4.69, 9.17) is 9.26 Å². The fourth-order valence-electron chi connectivity index (χ4n) is 3.01. The number of carbonyl (C=O) groups is 1. The molecule has 0 aliphatic carbocycles. The van der Waals surface area contributed by atoms with Crippen molar-refractivity contribution in [3.63, 3.8) is 0 Å². The van der Waals surface area contributed by atoms with Crippen LogP contribution in [0.5, 0.6) is 5.88 Å². The molecule has 4 rings (SSSR count). The number of hydrogen-bond acceptors (Lipinski definition) is 6. The van der Waals surface area contributed by atoms with Crippen molar-refractivity contribution < 1.29 is 23.2 Å². The Hall–Kier alpha value is -4.26. The first-order valence-electron chi connectivity index (χ1n) is 9.79. The van der Waals surface area contributed by atoms with Crippen molar-refractivity contribution in [1.29, 1.82) is 0 Å². The Morgan fingerprint density at radius 2 is 1.81 bits per heavy atom. The molecule has 4 aromatic rings. The normalized spacial score (nSPS) is 10.9. The Morgan fingerprint density at radius 3 is 2.50 bits per heavy atom. The van der Waals surface area contributed by atoms with Gasteiger partial charge in [-0.1, -0.05) is 41.6 Å². The molecule has 0 radical (unpaired) electrons. The zero-order valence-electron chi connectivity index (χ0n) is 17.2. The van der Waals surface area contributed by atoms with Gasteiger partial charge in [0.25, 0.3) is 0 Å². The Labute approximate surface area is 183 Å². The standard InChI is InChI=1S/C25H19FN2O4/c1-30-25(29)19-10-14-23(27-15-19)31-16-21-22(13-7-17-5-3-2-4-6-17)32-28-24(21)18-8-11-20(26)12-9-18/h2-15H,16H2,1H3. The molecule has 2 aromatic carbocycles. The van der Waals surface area contributed by atoms with E-state index in [1.165, 1.54) is 25.4 Å². The Kier molecular flexibility index (Phi) is 6.36. The van der Waals surface area contributed by atoms with Gasteiger partial charge in [-0.15, -0.1) is 0 Å². The highest BCUT2D eigenvalue weighted by molar-refractivity contribution is 5.88. The largest absolute Gasteiger partial charge is 0.473 e. The van der Waals surface area contributed by atoms with Crippen LogP contribution in [-0.2, 0) is 11.3 Å². The third kappa shape index (κ3) is 4.89. The lowest BCUT2D eigenvalue weighted by Gasteiger charge is -2.07. The number of ether oxygens (including phenoxy) is 2. The zero-order valence-corrected chi connectivity index (χ0v) is 17.2. The first-order chi connectivity index (χ1) is 15.6. The van der Waals surface area contributed by atoms with Crippen LogP contribution in [0.3, 0.4) is 0 Å². The number of rotatable bonds is 7. The maximum Gasteiger partial charge on any atom is 0.339 e. The van der Waals surface area contributed by atoms with Crippen molar-refractivity contribution in [2.75, 3.05) is 7.11 Å². The van der Waals surface area contributed by atoms with Crippen molar-refractivity contribution in [1.82, 2.24) is 10.1 Å². The van der Waals surface area contributed by atoms with Crippen LogP contribution in [-0.4, -0.2) is 23.2 Å². The molecule has 2 heterocycles. The maximum atomic E-state index is 13.4. The molecule has 0 spiro atoms. The molecule has 0 atom stereocenters. The second-order valence-electron chi connectivity index (χ2n) is 6.79.